The molecule has 13 rings (SSSR count). The van der Waals surface area contributed by atoms with Gasteiger partial charge >= 0.3 is 31.3 Å². The average Bonchev–Trinajstić information content (AvgIpc) is 1.63. The zero-order chi connectivity index (χ0) is 84.0. The number of phosphoric acid groups is 4. The number of phosphoric ester groups is 4. The molecule has 18 N–H and O–H groups in total. The van der Waals surface area contributed by atoms with E-state index in [0.717, 1.165) is 12.7 Å². The Labute approximate surface area is 665 Å². The number of aromatic nitrogens is 16. The molecular weight excluding hydrogens is 1660 g/mol. The second-order valence-corrected chi connectivity index (χ2v) is 33.2. The molecule has 21 atom stereocenters. The number of amides is 2. The van der Waals surface area contributed by atoms with E-state index in [2.05, 4.69) is 70.4 Å². The number of nitrogens with one attached hydrogen (secondary N) is 3. The number of aromatic amines is 1. The average molecular weight is 1750 g/mol. The maximum absolute atomic E-state index is 14.7. The summed E-state index contributed by atoms with van der Waals surface area (Å²) in [7, 11) is -21.1. The van der Waals surface area contributed by atoms with Crippen LogP contribution in [0.1, 0.15) is 90.6 Å². The Balaban J connectivity index is 0.687. The quantitative estimate of drug-likeness (QED) is 0.0121. The number of imidazole rings is 4. The SMILES string of the molecule is CC(=O)N[C@H]1[C@H](OCCCCC(=O)NCCOCCOCO[C@@H]2[C@H](OP(=O)(O)OC[C@@H]3CC[C@H](n4cnc5c(N)ncnc54)O3)[C@@H](COP(=O)(O)O[C@H]3C[C@H](n4cnc5c(N)ncnc54)OC3COP(=O)(O)O[C@H]3C[C@H](n4cnc5c(=O)[nH]c(N)nc54)O[C@@H]3COP(=O)(O)OC(C)C)O[C@H]2n2cnc3c(N)ncnc32)O[C@H](CO)[C@H](O)[C@@H]1O. The Bertz CT molecular complexity index is 5070. The minimum Gasteiger partial charge on any atom is -0.394 e. The van der Waals surface area contributed by atoms with Crippen molar-refractivity contribution in [3.8, 4) is 0 Å². The largest absolute Gasteiger partial charge is 0.472 e. The fraction of sp³-hybridized carbons (Fsp3) is 0.639. The van der Waals surface area contributed by atoms with Crippen molar-refractivity contribution in [2.45, 2.75) is 176 Å². The molecule has 53 nitrogen and oxygen atoms in total. The molecule has 5 saturated heterocycles. The number of rotatable bonds is 41. The van der Waals surface area contributed by atoms with E-state index in [1.54, 1.807) is 4.57 Å². The van der Waals surface area contributed by atoms with Gasteiger partial charge in [-0.25, -0.2) is 68.1 Å². The van der Waals surface area contributed by atoms with E-state index >= 15 is 0 Å². The fourth-order valence-electron chi connectivity index (χ4n) is 13.5. The Hall–Kier alpha value is -7.90. The Kier molecular flexibility index (Phi) is 28.3. The smallest absolute Gasteiger partial charge is 0.394 e. The van der Waals surface area contributed by atoms with Gasteiger partial charge in [0.1, 0.15) is 128 Å². The summed E-state index contributed by atoms with van der Waals surface area (Å²) < 4.78 is 161. The fourth-order valence-corrected chi connectivity index (χ4v) is 17.4. The van der Waals surface area contributed by atoms with Crippen LogP contribution in [0.15, 0.2) is 49.1 Å². The standard InChI is InChI=1S/C61H88N22O31P4/c1-29(2)111-115(90,91)103-18-35-33(15-41(108-35)82-26-76-46-57(82)78-61(65)79-58(46)89)112-116(92,93)104-19-36-32(14-40(107-36)81-25-74-44-52(63)68-22-71-55(44)81)113-117(94,95)105-20-37-49(114-118(96,97)102-17-31-7-8-39(106-31)80-24-73-43-51(62)67-21-70-54(43)80)50(59(109-37)83-27-75-45-53(64)69-23-72-56(45)83)101-28-99-13-12-98-11-9-66-38(86)6-4-5-10-100-60-42(77-30(3)85)48(88)47(87)34(16-84)110-60/h21-27,29,31-37,39-42,47-50,59-60,84,87-88H,4-20,28H2,1-3H3,(H,66,86)(H,77,85)(H,90,91)(H,92,93)(H,94,95)(H,96,97)(H2,62,67,70)(H2,63,68,71)(H2,64,69,72)(H3,65,78,79,89)/t31-,32-,33-,34+,35+,36?,37+,39+,40+,41+,42+,47-,48+,49+,50+,59+,60+/m0/s1. The predicted octanol–water partition coefficient (Wildman–Crippen LogP) is -1.21. The first-order chi connectivity index (χ1) is 56.3. The molecule has 5 fully saturated rings. The van der Waals surface area contributed by atoms with E-state index in [4.69, 9.17) is 102 Å². The molecule has 13 heterocycles. The number of hydrogen-bond acceptors (Lipinski definition) is 42. The monoisotopic (exact) mass is 1750 g/mol. The highest BCUT2D eigenvalue weighted by atomic mass is 31.2. The summed E-state index contributed by atoms with van der Waals surface area (Å²) in [5.74, 6) is -1.12. The number of fused-ring (bicyclic) bond motifs is 4. The van der Waals surface area contributed by atoms with Gasteiger partial charge in [0.05, 0.1) is 90.4 Å². The number of nitrogen functional groups attached to an aromatic ring is 4. The van der Waals surface area contributed by atoms with E-state index in [-0.39, 0.29) is 115 Å². The minimum absolute atomic E-state index is 0.0212. The van der Waals surface area contributed by atoms with Crippen LogP contribution in [0.2, 0.25) is 0 Å². The summed E-state index contributed by atoms with van der Waals surface area (Å²) in [6.07, 6.45) is -13.8. The third-order valence-electron chi connectivity index (χ3n) is 18.9. The van der Waals surface area contributed by atoms with Gasteiger partial charge < -0.3 is 111 Å². The summed E-state index contributed by atoms with van der Waals surface area (Å²) >= 11 is 0. The third-order valence-corrected chi connectivity index (χ3v) is 23.1. The molecule has 0 aromatic carbocycles. The van der Waals surface area contributed by atoms with Crippen molar-refractivity contribution in [1.82, 2.24) is 88.7 Å². The molecule has 0 radical (unpaired) electrons. The van der Waals surface area contributed by atoms with Crippen molar-refractivity contribution in [2.75, 3.05) is 95.7 Å². The van der Waals surface area contributed by atoms with Crippen LogP contribution in [0, 0.1) is 0 Å². The van der Waals surface area contributed by atoms with Crippen LogP contribution in [-0.2, 0) is 107 Å². The molecule has 2 amide bonds. The first-order valence-electron chi connectivity index (χ1n) is 36.6. The highest BCUT2D eigenvalue weighted by Crippen LogP contribution is 2.55. The second-order valence-electron chi connectivity index (χ2n) is 27.6. The van der Waals surface area contributed by atoms with Crippen molar-refractivity contribution < 1.29 is 142 Å². The molecule has 5 unspecified atom stereocenters. The van der Waals surface area contributed by atoms with E-state index in [1.807, 2.05) is 0 Å². The maximum Gasteiger partial charge on any atom is 0.472 e. The zero-order valence-electron chi connectivity index (χ0n) is 62.9. The zero-order valence-corrected chi connectivity index (χ0v) is 66.5. The van der Waals surface area contributed by atoms with Gasteiger partial charge in [-0.3, -0.25) is 73.8 Å². The number of aliphatic hydroxyl groups excluding tert-OH is 3. The number of anilines is 4. The number of H-pyrrole nitrogens is 1. The lowest BCUT2D eigenvalue weighted by Crippen LogP contribution is -2.64. The van der Waals surface area contributed by atoms with Gasteiger partial charge in [-0.15, -0.1) is 0 Å². The first-order valence-corrected chi connectivity index (χ1v) is 42.6. The number of aliphatic hydroxyl groups is 3. The number of unbranched alkanes of at least 4 members (excludes halogenated alkanes) is 1. The van der Waals surface area contributed by atoms with Gasteiger partial charge in [0.25, 0.3) is 5.56 Å². The van der Waals surface area contributed by atoms with Crippen LogP contribution in [0.25, 0.3) is 44.7 Å². The second kappa shape index (κ2) is 38.0. The normalized spacial score (nSPS) is 28.3. The van der Waals surface area contributed by atoms with Gasteiger partial charge in [-0.05, 0) is 39.5 Å². The lowest BCUT2D eigenvalue weighted by Gasteiger charge is -2.42. The first kappa shape index (κ1) is 87.9. The van der Waals surface area contributed by atoms with Crippen molar-refractivity contribution >= 4 is 111 Å². The van der Waals surface area contributed by atoms with Crippen molar-refractivity contribution in [3.63, 3.8) is 0 Å². The van der Waals surface area contributed by atoms with Crippen LogP contribution in [-0.4, -0.2) is 283 Å². The highest BCUT2D eigenvalue weighted by molar-refractivity contribution is 7.48. The molecule has 8 aromatic heterocycles. The Morgan fingerprint density at radius 1 is 0.576 bits per heavy atom. The summed E-state index contributed by atoms with van der Waals surface area (Å²) in [5.41, 5.74) is 24.2. The van der Waals surface area contributed by atoms with Crippen LogP contribution in [0.3, 0.4) is 0 Å². The van der Waals surface area contributed by atoms with Gasteiger partial charge in [-0.2, -0.15) is 4.98 Å². The van der Waals surface area contributed by atoms with E-state index in [9.17, 15) is 67.5 Å². The molecular formula is C61H88N22O31P4. The number of nitrogens with two attached hydrogens (primary N) is 4. The summed E-state index contributed by atoms with van der Waals surface area (Å²) in [5, 5.41) is 35.7. The van der Waals surface area contributed by atoms with E-state index < -0.39 is 199 Å². The van der Waals surface area contributed by atoms with E-state index in [1.165, 1.54) is 66.1 Å². The Morgan fingerprint density at radius 2 is 1.11 bits per heavy atom. The predicted molar refractivity (Wildman–Crippen MR) is 395 cm³/mol. The number of nitrogens with zero attached hydrogens (tertiary/aromatic N) is 15. The van der Waals surface area contributed by atoms with Crippen LogP contribution < -0.4 is 39.1 Å². The molecule has 118 heavy (non-hydrogen) atoms. The van der Waals surface area contributed by atoms with Crippen LogP contribution in [0.4, 0.5) is 23.4 Å². The molecule has 648 valence electrons. The summed E-state index contributed by atoms with van der Waals surface area (Å²) in [6.45, 7) is -0.579. The summed E-state index contributed by atoms with van der Waals surface area (Å²) in [4.78, 5) is 131. The lowest BCUT2D eigenvalue weighted by atomic mass is 9.97. The maximum atomic E-state index is 14.7. The van der Waals surface area contributed by atoms with Gasteiger partial charge in [0, 0.05) is 39.3 Å². The van der Waals surface area contributed by atoms with Crippen LogP contribution >= 0.6 is 31.3 Å². The van der Waals surface area contributed by atoms with Gasteiger partial charge in [0.2, 0.25) is 17.8 Å². The molecule has 0 aliphatic carbocycles. The topological polar surface area (TPSA) is 723 Å². The van der Waals surface area contributed by atoms with Gasteiger partial charge in [-0.1, -0.05) is 0 Å². The summed E-state index contributed by atoms with van der Waals surface area (Å²) in [6, 6.07) is -1.13. The number of carbonyl (C=O) groups is 2. The highest BCUT2D eigenvalue weighted by Gasteiger charge is 2.54. The molecule has 5 aliphatic heterocycles. The minimum atomic E-state index is -5.57. The molecule has 5 aliphatic rings. The van der Waals surface area contributed by atoms with Crippen LogP contribution in [0.5, 0.6) is 0 Å². The molecule has 0 bridgehead atoms. The number of hydrogen-bond donors (Lipinski definition) is 14. The molecule has 0 spiro atoms. The van der Waals surface area contributed by atoms with Gasteiger partial charge in [0.15, 0.2) is 58.1 Å². The molecule has 8 aromatic rings. The Morgan fingerprint density at radius 3 is 1.70 bits per heavy atom. The van der Waals surface area contributed by atoms with Crippen molar-refractivity contribution in [3.05, 3.63) is 54.6 Å². The van der Waals surface area contributed by atoms with Crippen molar-refractivity contribution in [2.24, 2.45) is 0 Å². The molecule has 57 heteroatoms. The number of ether oxygens (including phenoxy) is 9. The lowest BCUT2D eigenvalue weighted by molar-refractivity contribution is -0.270. The van der Waals surface area contributed by atoms with Crippen molar-refractivity contribution in [1.29, 1.82) is 0 Å². The van der Waals surface area contributed by atoms with E-state index in [0.29, 0.717) is 30.4 Å². The third kappa shape index (κ3) is 21.3. The number of carbonyl (C=O) groups excluding carboxylic acids is 2. The molecule has 0 saturated carbocycles.